The van der Waals surface area contributed by atoms with E-state index in [-0.39, 0.29) is 22.8 Å². The standard InChI is InChI=1S/C20H29Cl2N3O2/c1-13(2)12-24-7-9-25(10-8-24)20(27)18(14(3)4)23-19(26)16-6-5-15(21)11-17(16)22/h5-6,11,13-14,18H,7-10,12H2,1-4H3,(H,23,26). The Kier molecular flexibility index (Phi) is 7.95. The second kappa shape index (κ2) is 9.76. The maximum atomic E-state index is 13.0. The normalized spacial score (nSPS) is 16.7. The molecule has 1 aliphatic heterocycles. The quantitative estimate of drug-likeness (QED) is 0.775. The zero-order valence-electron chi connectivity index (χ0n) is 16.5. The third-order valence-electron chi connectivity index (χ3n) is 4.70. The molecule has 150 valence electrons. The first-order valence-electron chi connectivity index (χ1n) is 9.46. The van der Waals surface area contributed by atoms with Crippen molar-refractivity contribution >= 4 is 35.0 Å². The summed E-state index contributed by atoms with van der Waals surface area (Å²) in [7, 11) is 0. The topological polar surface area (TPSA) is 52.6 Å². The highest BCUT2D eigenvalue weighted by atomic mass is 35.5. The molecule has 1 atom stereocenters. The van der Waals surface area contributed by atoms with Crippen LogP contribution in [0.4, 0.5) is 0 Å². The molecule has 0 aromatic heterocycles. The van der Waals surface area contributed by atoms with Gasteiger partial charge in [0, 0.05) is 37.7 Å². The van der Waals surface area contributed by atoms with Gasteiger partial charge in [-0.15, -0.1) is 0 Å². The molecule has 2 rings (SSSR count). The Morgan fingerprint density at radius 3 is 2.22 bits per heavy atom. The van der Waals surface area contributed by atoms with Gasteiger partial charge in [-0.2, -0.15) is 0 Å². The molecule has 1 aromatic rings. The van der Waals surface area contributed by atoms with Gasteiger partial charge in [0.1, 0.15) is 6.04 Å². The van der Waals surface area contributed by atoms with E-state index in [4.69, 9.17) is 23.2 Å². The first-order chi connectivity index (χ1) is 12.7. The number of hydrogen-bond acceptors (Lipinski definition) is 3. The highest BCUT2D eigenvalue weighted by Gasteiger charge is 2.31. The largest absolute Gasteiger partial charge is 0.340 e. The molecule has 1 fully saturated rings. The second-order valence-corrected chi connectivity index (χ2v) is 8.68. The lowest BCUT2D eigenvalue weighted by molar-refractivity contribution is -0.136. The molecule has 1 saturated heterocycles. The number of hydrogen-bond donors (Lipinski definition) is 1. The Hall–Kier alpha value is -1.30. The maximum absolute atomic E-state index is 13.0. The lowest BCUT2D eigenvalue weighted by Crippen LogP contribution is -2.56. The zero-order valence-corrected chi connectivity index (χ0v) is 18.0. The van der Waals surface area contributed by atoms with Crippen LogP contribution in [0.25, 0.3) is 0 Å². The van der Waals surface area contributed by atoms with Gasteiger partial charge in [-0.25, -0.2) is 0 Å². The fourth-order valence-electron chi connectivity index (χ4n) is 3.27. The molecular weight excluding hydrogens is 385 g/mol. The zero-order chi connectivity index (χ0) is 20.1. The fraction of sp³-hybridized carbons (Fsp3) is 0.600. The predicted molar refractivity (Wildman–Crippen MR) is 110 cm³/mol. The highest BCUT2D eigenvalue weighted by Crippen LogP contribution is 2.21. The van der Waals surface area contributed by atoms with Crippen molar-refractivity contribution in [1.29, 1.82) is 0 Å². The average Bonchev–Trinajstić information content (AvgIpc) is 2.58. The molecule has 0 radical (unpaired) electrons. The van der Waals surface area contributed by atoms with Crippen LogP contribution in [-0.4, -0.2) is 60.4 Å². The van der Waals surface area contributed by atoms with Crippen LogP contribution in [0.3, 0.4) is 0 Å². The summed E-state index contributed by atoms with van der Waals surface area (Å²) in [6, 6.07) is 4.13. The number of piperazine rings is 1. The van der Waals surface area contributed by atoms with Gasteiger partial charge in [-0.05, 0) is 30.0 Å². The number of amides is 2. The molecule has 1 aromatic carbocycles. The number of nitrogens with one attached hydrogen (secondary N) is 1. The Bertz CT molecular complexity index is 671. The molecule has 0 aliphatic carbocycles. The second-order valence-electron chi connectivity index (χ2n) is 7.84. The number of benzene rings is 1. The molecule has 5 nitrogen and oxygen atoms in total. The van der Waals surface area contributed by atoms with Crippen LogP contribution < -0.4 is 5.32 Å². The molecular formula is C20H29Cl2N3O2. The van der Waals surface area contributed by atoms with E-state index in [0.29, 0.717) is 29.6 Å². The van der Waals surface area contributed by atoms with Crippen molar-refractivity contribution in [3.63, 3.8) is 0 Å². The third kappa shape index (κ3) is 6.09. The molecule has 27 heavy (non-hydrogen) atoms. The van der Waals surface area contributed by atoms with Gasteiger partial charge >= 0.3 is 0 Å². The van der Waals surface area contributed by atoms with Gasteiger partial charge in [-0.3, -0.25) is 14.5 Å². The smallest absolute Gasteiger partial charge is 0.253 e. The summed E-state index contributed by atoms with van der Waals surface area (Å²) in [5, 5.41) is 3.60. The molecule has 7 heteroatoms. The third-order valence-corrected chi connectivity index (χ3v) is 5.25. The van der Waals surface area contributed by atoms with E-state index in [2.05, 4.69) is 24.1 Å². The van der Waals surface area contributed by atoms with E-state index in [1.54, 1.807) is 12.1 Å². The summed E-state index contributed by atoms with van der Waals surface area (Å²) in [5.74, 6) is 0.190. The molecule has 0 bridgehead atoms. The first kappa shape index (κ1) is 22.0. The molecule has 1 unspecified atom stereocenters. The van der Waals surface area contributed by atoms with Crippen LogP contribution in [0.5, 0.6) is 0 Å². The van der Waals surface area contributed by atoms with E-state index in [1.165, 1.54) is 6.07 Å². The monoisotopic (exact) mass is 413 g/mol. The van der Waals surface area contributed by atoms with Crippen LogP contribution >= 0.6 is 23.2 Å². The molecule has 1 heterocycles. The van der Waals surface area contributed by atoms with E-state index in [1.807, 2.05) is 18.7 Å². The van der Waals surface area contributed by atoms with Gasteiger partial charge in [0.05, 0.1) is 10.6 Å². The van der Waals surface area contributed by atoms with Crippen LogP contribution in [0.1, 0.15) is 38.1 Å². The maximum Gasteiger partial charge on any atom is 0.253 e. The van der Waals surface area contributed by atoms with Crippen LogP contribution in [0, 0.1) is 11.8 Å². The molecule has 0 saturated carbocycles. The number of nitrogens with zero attached hydrogens (tertiary/aromatic N) is 2. The lowest BCUT2D eigenvalue weighted by Gasteiger charge is -2.37. The number of carbonyl (C=O) groups is 2. The van der Waals surface area contributed by atoms with Crippen molar-refractivity contribution in [2.75, 3.05) is 32.7 Å². The van der Waals surface area contributed by atoms with Gasteiger partial charge < -0.3 is 10.2 Å². The Balaban J connectivity index is 2.02. The lowest BCUT2D eigenvalue weighted by atomic mass is 10.0. The van der Waals surface area contributed by atoms with E-state index < -0.39 is 6.04 Å². The Labute approximate surface area is 172 Å². The van der Waals surface area contributed by atoms with Gasteiger partial charge in [0.2, 0.25) is 5.91 Å². The van der Waals surface area contributed by atoms with Crippen molar-refractivity contribution in [2.45, 2.75) is 33.7 Å². The van der Waals surface area contributed by atoms with Crippen LogP contribution in [0.2, 0.25) is 10.0 Å². The fourth-order valence-corrected chi connectivity index (χ4v) is 3.76. The number of carbonyl (C=O) groups excluding carboxylic acids is 2. The summed E-state index contributed by atoms with van der Waals surface area (Å²) >= 11 is 12.0. The van der Waals surface area contributed by atoms with E-state index >= 15 is 0 Å². The number of halogens is 2. The van der Waals surface area contributed by atoms with Gasteiger partial charge in [-0.1, -0.05) is 50.9 Å². The first-order valence-corrected chi connectivity index (χ1v) is 10.2. The van der Waals surface area contributed by atoms with Crippen molar-refractivity contribution in [1.82, 2.24) is 15.1 Å². The highest BCUT2D eigenvalue weighted by molar-refractivity contribution is 6.36. The van der Waals surface area contributed by atoms with Crippen LogP contribution in [-0.2, 0) is 4.79 Å². The minimum atomic E-state index is -0.583. The summed E-state index contributed by atoms with van der Waals surface area (Å²) in [6.45, 7) is 12.4. The molecule has 1 N–H and O–H groups in total. The van der Waals surface area contributed by atoms with Crippen molar-refractivity contribution < 1.29 is 9.59 Å². The summed E-state index contributed by atoms with van der Waals surface area (Å²) < 4.78 is 0. The summed E-state index contributed by atoms with van der Waals surface area (Å²) in [6.07, 6.45) is 0. The van der Waals surface area contributed by atoms with Gasteiger partial charge in [0.15, 0.2) is 0 Å². The SMILES string of the molecule is CC(C)CN1CCN(C(=O)C(NC(=O)c2ccc(Cl)cc2Cl)C(C)C)CC1. The molecule has 2 amide bonds. The van der Waals surface area contributed by atoms with E-state index in [0.717, 1.165) is 19.6 Å². The molecule has 0 spiro atoms. The predicted octanol–water partition coefficient (Wildman–Crippen LogP) is 3.55. The van der Waals surface area contributed by atoms with Crippen molar-refractivity contribution in [2.24, 2.45) is 11.8 Å². The molecule has 1 aliphatic rings. The number of rotatable bonds is 6. The van der Waals surface area contributed by atoms with Crippen molar-refractivity contribution in [3.8, 4) is 0 Å². The van der Waals surface area contributed by atoms with Crippen molar-refractivity contribution in [3.05, 3.63) is 33.8 Å². The Morgan fingerprint density at radius 1 is 1.07 bits per heavy atom. The summed E-state index contributed by atoms with van der Waals surface area (Å²) in [4.78, 5) is 29.9. The minimum Gasteiger partial charge on any atom is -0.340 e. The summed E-state index contributed by atoms with van der Waals surface area (Å²) in [5.41, 5.74) is 0.321. The average molecular weight is 414 g/mol. The Morgan fingerprint density at radius 2 is 1.70 bits per heavy atom. The van der Waals surface area contributed by atoms with Crippen LogP contribution in [0.15, 0.2) is 18.2 Å². The van der Waals surface area contributed by atoms with E-state index in [9.17, 15) is 9.59 Å². The minimum absolute atomic E-state index is 0.0266. The van der Waals surface area contributed by atoms with Gasteiger partial charge in [0.25, 0.3) is 5.91 Å².